The SMILES string of the molecule is CC(C)c1cc(=O)[nH]c2ncnn12. The molecule has 0 amide bonds. The van der Waals surface area contributed by atoms with E-state index in [9.17, 15) is 4.79 Å². The largest absolute Gasteiger partial charge is 0.291 e. The Morgan fingerprint density at radius 2 is 2.31 bits per heavy atom. The number of aromatic nitrogens is 4. The molecule has 0 radical (unpaired) electrons. The summed E-state index contributed by atoms with van der Waals surface area (Å²) in [5, 5.41) is 4.02. The lowest BCUT2D eigenvalue weighted by molar-refractivity contribution is 0.745. The zero-order valence-electron chi connectivity index (χ0n) is 7.48. The van der Waals surface area contributed by atoms with Gasteiger partial charge in [-0.25, -0.2) is 4.52 Å². The van der Waals surface area contributed by atoms with Crippen LogP contribution in [0.5, 0.6) is 0 Å². The van der Waals surface area contributed by atoms with Crippen LogP contribution in [0.4, 0.5) is 0 Å². The monoisotopic (exact) mass is 178 g/mol. The zero-order valence-corrected chi connectivity index (χ0v) is 7.48. The molecule has 0 bridgehead atoms. The molecule has 2 rings (SSSR count). The highest BCUT2D eigenvalue weighted by Crippen LogP contribution is 2.10. The van der Waals surface area contributed by atoms with Crippen molar-refractivity contribution in [3.63, 3.8) is 0 Å². The predicted octanol–water partition coefficient (Wildman–Crippen LogP) is 0.541. The number of hydrogen-bond donors (Lipinski definition) is 1. The van der Waals surface area contributed by atoms with E-state index < -0.39 is 0 Å². The maximum atomic E-state index is 11.2. The summed E-state index contributed by atoms with van der Waals surface area (Å²) in [6.45, 7) is 4.02. The van der Waals surface area contributed by atoms with Crippen LogP contribution in [0.3, 0.4) is 0 Å². The number of H-pyrrole nitrogens is 1. The maximum Gasteiger partial charge on any atom is 0.252 e. The molecule has 0 aromatic carbocycles. The minimum Gasteiger partial charge on any atom is -0.291 e. The van der Waals surface area contributed by atoms with Gasteiger partial charge in [0.2, 0.25) is 5.78 Å². The number of rotatable bonds is 1. The Labute approximate surface area is 74.4 Å². The van der Waals surface area contributed by atoms with Crippen LogP contribution in [0.15, 0.2) is 17.2 Å². The number of nitrogens with zero attached hydrogens (tertiary/aromatic N) is 3. The molecule has 0 aliphatic rings. The lowest BCUT2D eigenvalue weighted by Crippen LogP contribution is -2.13. The van der Waals surface area contributed by atoms with Crippen LogP contribution in [0.25, 0.3) is 5.78 Å². The van der Waals surface area contributed by atoms with Crippen molar-refractivity contribution in [3.05, 3.63) is 28.4 Å². The smallest absolute Gasteiger partial charge is 0.252 e. The molecule has 5 nitrogen and oxygen atoms in total. The molecular weight excluding hydrogens is 168 g/mol. The van der Waals surface area contributed by atoms with E-state index in [1.54, 1.807) is 10.6 Å². The number of hydrogen-bond acceptors (Lipinski definition) is 3. The third-order valence-corrected chi connectivity index (χ3v) is 1.90. The van der Waals surface area contributed by atoms with E-state index in [4.69, 9.17) is 0 Å². The molecule has 0 fully saturated rings. The van der Waals surface area contributed by atoms with Gasteiger partial charge < -0.3 is 0 Å². The molecule has 2 aromatic heterocycles. The van der Waals surface area contributed by atoms with Crippen LogP contribution in [0, 0.1) is 0 Å². The average Bonchev–Trinajstić information content (AvgIpc) is 2.49. The van der Waals surface area contributed by atoms with Gasteiger partial charge in [-0.1, -0.05) is 13.8 Å². The topological polar surface area (TPSA) is 63.0 Å². The molecule has 2 heterocycles. The Bertz CT molecular complexity index is 482. The highest BCUT2D eigenvalue weighted by Gasteiger charge is 2.07. The summed E-state index contributed by atoms with van der Waals surface area (Å²) >= 11 is 0. The summed E-state index contributed by atoms with van der Waals surface area (Å²) in [5.41, 5.74) is 0.737. The maximum absolute atomic E-state index is 11.2. The molecule has 0 saturated carbocycles. The molecule has 1 N–H and O–H groups in total. The Hall–Kier alpha value is -1.65. The standard InChI is InChI=1S/C8H10N4O/c1-5(2)6-3-7(13)11-8-9-4-10-12(6)8/h3-5H,1-2H3,(H,9,10,11,13). The Kier molecular flexibility index (Phi) is 1.65. The van der Waals surface area contributed by atoms with E-state index >= 15 is 0 Å². The molecule has 0 aliphatic heterocycles. The lowest BCUT2D eigenvalue weighted by atomic mass is 10.1. The van der Waals surface area contributed by atoms with Gasteiger partial charge in [0.15, 0.2) is 0 Å². The second kappa shape index (κ2) is 2.69. The first-order valence-electron chi connectivity index (χ1n) is 4.11. The zero-order chi connectivity index (χ0) is 9.42. The first kappa shape index (κ1) is 7.97. The summed E-state index contributed by atoms with van der Waals surface area (Å²) in [6, 6.07) is 1.55. The molecule has 5 heteroatoms. The third-order valence-electron chi connectivity index (χ3n) is 1.90. The molecule has 13 heavy (non-hydrogen) atoms. The number of fused-ring (bicyclic) bond motifs is 1. The van der Waals surface area contributed by atoms with Gasteiger partial charge in [0.05, 0.1) is 5.69 Å². The van der Waals surface area contributed by atoms with Crippen molar-refractivity contribution in [2.75, 3.05) is 0 Å². The molecule has 0 aliphatic carbocycles. The quantitative estimate of drug-likeness (QED) is 0.693. The Morgan fingerprint density at radius 1 is 1.54 bits per heavy atom. The van der Waals surface area contributed by atoms with Crippen molar-refractivity contribution in [1.82, 2.24) is 19.6 Å². The van der Waals surface area contributed by atoms with Crippen molar-refractivity contribution in [2.45, 2.75) is 19.8 Å². The molecule has 0 unspecified atom stereocenters. The molecule has 68 valence electrons. The average molecular weight is 178 g/mol. The Morgan fingerprint density at radius 3 is 3.00 bits per heavy atom. The number of aromatic amines is 1. The van der Waals surface area contributed by atoms with Crippen LogP contribution in [-0.4, -0.2) is 19.6 Å². The van der Waals surface area contributed by atoms with Crippen LogP contribution in [0.2, 0.25) is 0 Å². The van der Waals surface area contributed by atoms with Crippen LogP contribution < -0.4 is 5.56 Å². The van der Waals surface area contributed by atoms with Gasteiger partial charge in [0, 0.05) is 6.07 Å². The van der Waals surface area contributed by atoms with E-state index in [1.807, 2.05) is 13.8 Å². The fraction of sp³-hybridized carbons (Fsp3) is 0.375. The summed E-state index contributed by atoms with van der Waals surface area (Å²) in [4.78, 5) is 17.7. The molecular formula is C8H10N4O. The van der Waals surface area contributed by atoms with E-state index in [-0.39, 0.29) is 11.5 Å². The summed E-state index contributed by atoms with van der Waals surface area (Å²) in [7, 11) is 0. The van der Waals surface area contributed by atoms with Gasteiger partial charge >= 0.3 is 0 Å². The van der Waals surface area contributed by atoms with Gasteiger partial charge in [0.1, 0.15) is 6.33 Å². The first-order chi connectivity index (χ1) is 6.18. The van der Waals surface area contributed by atoms with Crippen molar-refractivity contribution in [1.29, 1.82) is 0 Å². The van der Waals surface area contributed by atoms with Crippen LogP contribution in [-0.2, 0) is 0 Å². The van der Waals surface area contributed by atoms with Crippen molar-refractivity contribution < 1.29 is 0 Å². The first-order valence-corrected chi connectivity index (χ1v) is 4.11. The molecule has 0 atom stereocenters. The van der Waals surface area contributed by atoms with E-state index in [2.05, 4.69) is 15.1 Å². The van der Waals surface area contributed by atoms with Gasteiger partial charge in [-0.05, 0) is 5.92 Å². The fourth-order valence-electron chi connectivity index (χ4n) is 1.27. The van der Waals surface area contributed by atoms with Crippen LogP contribution >= 0.6 is 0 Å². The fourth-order valence-corrected chi connectivity index (χ4v) is 1.27. The minimum atomic E-state index is -0.135. The van der Waals surface area contributed by atoms with E-state index in [0.29, 0.717) is 5.78 Å². The third kappa shape index (κ3) is 1.22. The molecule has 0 saturated heterocycles. The summed E-state index contributed by atoms with van der Waals surface area (Å²) < 4.78 is 1.64. The Balaban J connectivity index is 2.85. The summed E-state index contributed by atoms with van der Waals surface area (Å²) in [6.07, 6.45) is 1.43. The second-order valence-electron chi connectivity index (χ2n) is 3.21. The second-order valence-corrected chi connectivity index (χ2v) is 3.21. The van der Waals surface area contributed by atoms with E-state index in [0.717, 1.165) is 5.69 Å². The van der Waals surface area contributed by atoms with Gasteiger partial charge in [-0.2, -0.15) is 10.1 Å². The lowest BCUT2D eigenvalue weighted by Gasteiger charge is -2.05. The van der Waals surface area contributed by atoms with Crippen molar-refractivity contribution in [3.8, 4) is 0 Å². The summed E-state index contributed by atoms with van der Waals surface area (Å²) in [5.74, 6) is 0.752. The molecule has 2 aromatic rings. The van der Waals surface area contributed by atoms with Gasteiger partial charge in [0.25, 0.3) is 5.56 Å². The minimum absolute atomic E-state index is 0.135. The normalized spacial score (nSPS) is 11.3. The van der Waals surface area contributed by atoms with Crippen LogP contribution in [0.1, 0.15) is 25.5 Å². The number of nitrogens with one attached hydrogen (secondary N) is 1. The molecule has 0 spiro atoms. The van der Waals surface area contributed by atoms with Crippen molar-refractivity contribution >= 4 is 5.78 Å². The van der Waals surface area contributed by atoms with Gasteiger partial charge in [-0.15, -0.1) is 0 Å². The van der Waals surface area contributed by atoms with Crippen molar-refractivity contribution in [2.24, 2.45) is 0 Å². The van der Waals surface area contributed by atoms with Gasteiger partial charge in [-0.3, -0.25) is 9.78 Å². The van der Waals surface area contributed by atoms with E-state index in [1.165, 1.54) is 6.33 Å². The predicted molar refractivity (Wildman–Crippen MR) is 47.7 cm³/mol. The highest BCUT2D eigenvalue weighted by molar-refractivity contribution is 5.27. The highest BCUT2D eigenvalue weighted by atomic mass is 16.1.